The Labute approximate surface area is 226 Å². The maximum atomic E-state index is 12.1. The van der Waals surface area contributed by atoms with Gasteiger partial charge in [0.2, 0.25) is 0 Å². The van der Waals surface area contributed by atoms with E-state index in [1.54, 1.807) is 6.92 Å². The number of rotatable bonds is 15. The number of hydrogen-bond acceptors (Lipinski definition) is 15. The van der Waals surface area contributed by atoms with Crippen LogP contribution in [-0.4, -0.2) is 142 Å². The van der Waals surface area contributed by atoms with Gasteiger partial charge in [-0.2, -0.15) is 0 Å². The first-order valence-corrected chi connectivity index (χ1v) is 13.1. The Hall–Kier alpha value is -1.50. The van der Waals surface area contributed by atoms with Crippen molar-refractivity contribution in [2.75, 3.05) is 26.4 Å². The number of aliphatic hydroxyl groups excluding tert-OH is 7. The first-order chi connectivity index (χ1) is 18.5. The van der Waals surface area contributed by atoms with Crippen LogP contribution in [0.3, 0.4) is 0 Å². The van der Waals surface area contributed by atoms with E-state index in [1.807, 2.05) is 6.92 Å². The molecule has 0 aliphatic carbocycles. The Kier molecular flexibility index (Phi) is 14.4. The van der Waals surface area contributed by atoms with Crippen molar-refractivity contribution >= 4 is 11.9 Å². The third kappa shape index (κ3) is 9.82. The molecule has 15 nitrogen and oxygen atoms in total. The molecule has 11 unspecified atom stereocenters. The van der Waals surface area contributed by atoms with Gasteiger partial charge in [-0.15, -0.1) is 0 Å². The smallest absolute Gasteiger partial charge is 0.306 e. The summed E-state index contributed by atoms with van der Waals surface area (Å²) in [6, 6.07) is 0. The second-order valence-corrected chi connectivity index (χ2v) is 9.53. The summed E-state index contributed by atoms with van der Waals surface area (Å²) < 4.78 is 32.1. The highest BCUT2D eigenvalue weighted by Crippen LogP contribution is 2.26. The molecule has 2 fully saturated rings. The molecule has 2 saturated heterocycles. The van der Waals surface area contributed by atoms with Crippen molar-refractivity contribution < 1.29 is 73.8 Å². The SMILES string of the molecule is CCCCC(=O)OC(COC(=O)CCC)COC1OC(COC2OC(CO)C(O)C(O)C2O)C(O)C(O)C1O. The number of aliphatic hydroxyl groups is 7. The summed E-state index contributed by atoms with van der Waals surface area (Å²) in [6.45, 7) is 1.80. The lowest BCUT2D eigenvalue weighted by Crippen LogP contribution is -2.61. The molecule has 15 heteroatoms. The standard InChI is InChI=1S/C24H42O15/c1-3-5-7-16(27)37-12(9-34-15(26)6-4-2)10-35-23-22(33)20(31)18(29)14(39-23)11-36-24-21(32)19(30)17(28)13(8-25)38-24/h12-14,17-25,28-33H,3-11H2,1-2H3. The minimum absolute atomic E-state index is 0.140. The molecule has 2 aliphatic rings. The monoisotopic (exact) mass is 570 g/mol. The van der Waals surface area contributed by atoms with Crippen molar-refractivity contribution in [2.45, 2.75) is 113 Å². The summed E-state index contributed by atoms with van der Waals surface area (Å²) >= 11 is 0. The van der Waals surface area contributed by atoms with Crippen molar-refractivity contribution in [3.8, 4) is 0 Å². The third-order valence-electron chi connectivity index (χ3n) is 6.31. The molecule has 2 rings (SSSR count). The van der Waals surface area contributed by atoms with Crippen LogP contribution in [0, 0.1) is 0 Å². The predicted molar refractivity (Wildman–Crippen MR) is 128 cm³/mol. The molecule has 39 heavy (non-hydrogen) atoms. The highest BCUT2D eigenvalue weighted by Gasteiger charge is 2.47. The van der Waals surface area contributed by atoms with Gasteiger partial charge in [0, 0.05) is 12.8 Å². The van der Waals surface area contributed by atoms with E-state index in [1.165, 1.54) is 0 Å². The molecule has 0 saturated carbocycles. The minimum atomic E-state index is -1.75. The zero-order valence-electron chi connectivity index (χ0n) is 22.1. The van der Waals surface area contributed by atoms with Gasteiger partial charge < -0.3 is 64.2 Å². The number of hydrogen-bond donors (Lipinski definition) is 7. The molecular weight excluding hydrogens is 528 g/mol. The molecule has 0 aromatic carbocycles. The van der Waals surface area contributed by atoms with Gasteiger partial charge in [0.05, 0.1) is 19.8 Å². The minimum Gasteiger partial charge on any atom is -0.462 e. The Morgan fingerprint density at radius 1 is 0.718 bits per heavy atom. The maximum absolute atomic E-state index is 12.1. The molecule has 0 aromatic heterocycles. The molecular formula is C24H42O15. The average Bonchev–Trinajstić information content (AvgIpc) is 2.92. The van der Waals surface area contributed by atoms with Crippen LogP contribution >= 0.6 is 0 Å². The van der Waals surface area contributed by atoms with Crippen LogP contribution < -0.4 is 0 Å². The molecule has 7 N–H and O–H groups in total. The van der Waals surface area contributed by atoms with Crippen molar-refractivity contribution in [1.82, 2.24) is 0 Å². The molecule has 2 aliphatic heterocycles. The summed E-state index contributed by atoms with van der Waals surface area (Å²) in [5.74, 6) is -1.03. The van der Waals surface area contributed by atoms with Crippen LogP contribution in [0.25, 0.3) is 0 Å². The lowest BCUT2D eigenvalue weighted by molar-refractivity contribution is -0.332. The Morgan fingerprint density at radius 3 is 1.90 bits per heavy atom. The van der Waals surface area contributed by atoms with Crippen LogP contribution in [0.4, 0.5) is 0 Å². The van der Waals surface area contributed by atoms with Gasteiger partial charge in [-0.25, -0.2) is 0 Å². The second kappa shape index (κ2) is 16.7. The summed E-state index contributed by atoms with van der Waals surface area (Å²) in [7, 11) is 0. The van der Waals surface area contributed by atoms with E-state index in [0.717, 1.165) is 6.42 Å². The van der Waals surface area contributed by atoms with E-state index in [2.05, 4.69) is 0 Å². The average molecular weight is 571 g/mol. The third-order valence-corrected chi connectivity index (χ3v) is 6.31. The van der Waals surface area contributed by atoms with E-state index in [9.17, 15) is 45.3 Å². The number of esters is 2. The van der Waals surface area contributed by atoms with Gasteiger partial charge in [-0.05, 0) is 12.8 Å². The number of carbonyl (C=O) groups is 2. The lowest BCUT2D eigenvalue weighted by Gasteiger charge is -2.42. The first kappa shape index (κ1) is 33.7. The van der Waals surface area contributed by atoms with Crippen molar-refractivity contribution in [1.29, 1.82) is 0 Å². The molecule has 11 atom stereocenters. The second-order valence-electron chi connectivity index (χ2n) is 9.53. The van der Waals surface area contributed by atoms with Gasteiger partial charge in [0.1, 0.15) is 55.4 Å². The predicted octanol–water partition coefficient (Wildman–Crippen LogP) is -2.93. The largest absolute Gasteiger partial charge is 0.462 e. The summed E-state index contributed by atoms with van der Waals surface area (Å²) in [5, 5.41) is 70.2. The molecule has 0 amide bonds. The molecule has 0 spiro atoms. The first-order valence-electron chi connectivity index (χ1n) is 13.1. The van der Waals surface area contributed by atoms with Crippen LogP contribution in [0.5, 0.6) is 0 Å². The summed E-state index contributed by atoms with van der Waals surface area (Å²) in [4.78, 5) is 23.9. The molecule has 228 valence electrons. The van der Waals surface area contributed by atoms with E-state index in [-0.39, 0.29) is 26.1 Å². The summed E-state index contributed by atoms with van der Waals surface area (Å²) in [6.07, 6.45) is -14.6. The van der Waals surface area contributed by atoms with Crippen LogP contribution in [-0.2, 0) is 38.0 Å². The van der Waals surface area contributed by atoms with Gasteiger partial charge >= 0.3 is 11.9 Å². The topological polar surface area (TPSA) is 231 Å². The van der Waals surface area contributed by atoms with Crippen molar-refractivity contribution in [2.24, 2.45) is 0 Å². The van der Waals surface area contributed by atoms with Gasteiger partial charge in [-0.3, -0.25) is 9.59 Å². The highest BCUT2D eigenvalue weighted by atomic mass is 16.7. The number of ether oxygens (including phenoxy) is 6. The lowest BCUT2D eigenvalue weighted by atomic mass is 9.98. The number of carbonyl (C=O) groups excluding carboxylic acids is 2. The van der Waals surface area contributed by atoms with Crippen LogP contribution in [0.1, 0.15) is 46.0 Å². The Morgan fingerprint density at radius 2 is 1.31 bits per heavy atom. The summed E-state index contributed by atoms with van der Waals surface area (Å²) in [5.41, 5.74) is 0. The van der Waals surface area contributed by atoms with E-state index < -0.39 is 92.7 Å². The molecule has 0 aromatic rings. The highest BCUT2D eigenvalue weighted by molar-refractivity contribution is 5.70. The van der Waals surface area contributed by atoms with Crippen LogP contribution in [0.2, 0.25) is 0 Å². The van der Waals surface area contributed by atoms with Gasteiger partial charge in [-0.1, -0.05) is 20.3 Å². The van der Waals surface area contributed by atoms with E-state index >= 15 is 0 Å². The van der Waals surface area contributed by atoms with Gasteiger partial charge in [0.15, 0.2) is 18.7 Å². The van der Waals surface area contributed by atoms with Gasteiger partial charge in [0.25, 0.3) is 0 Å². The van der Waals surface area contributed by atoms with Crippen LogP contribution in [0.15, 0.2) is 0 Å². The zero-order valence-corrected chi connectivity index (χ0v) is 22.1. The molecule has 0 radical (unpaired) electrons. The fraction of sp³-hybridized carbons (Fsp3) is 0.917. The molecule has 0 bridgehead atoms. The molecule has 2 heterocycles. The van der Waals surface area contributed by atoms with Crippen molar-refractivity contribution in [3.63, 3.8) is 0 Å². The maximum Gasteiger partial charge on any atom is 0.306 e. The normalized spacial score (nSPS) is 35.8. The fourth-order valence-corrected chi connectivity index (χ4v) is 3.93. The van der Waals surface area contributed by atoms with Crippen molar-refractivity contribution in [3.05, 3.63) is 0 Å². The van der Waals surface area contributed by atoms with E-state index in [4.69, 9.17) is 28.4 Å². The Balaban J connectivity index is 1.99. The fourth-order valence-electron chi connectivity index (χ4n) is 3.93. The zero-order chi connectivity index (χ0) is 29.1. The van der Waals surface area contributed by atoms with E-state index in [0.29, 0.717) is 12.8 Å². The Bertz CT molecular complexity index is 736. The number of unbranched alkanes of at least 4 members (excludes halogenated alkanes) is 1. The quantitative estimate of drug-likeness (QED) is 0.0977.